The lowest BCUT2D eigenvalue weighted by Gasteiger charge is -2.40. The van der Waals surface area contributed by atoms with Crippen molar-refractivity contribution >= 4 is 11.4 Å². The Hall–Kier alpha value is -3.51. The van der Waals surface area contributed by atoms with Crippen LogP contribution in [0.5, 0.6) is 0 Å². The highest BCUT2D eigenvalue weighted by molar-refractivity contribution is 5.75. The Morgan fingerprint density at radius 2 is 1.73 bits per heavy atom. The molecule has 1 aliphatic carbocycles. The molecule has 2 aliphatic rings. The van der Waals surface area contributed by atoms with E-state index in [0.717, 1.165) is 62.6 Å². The van der Waals surface area contributed by atoms with Crippen LogP contribution in [0.2, 0.25) is 0 Å². The molecule has 2 unspecified atom stereocenters. The topological polar surface area (TPSA) is 115 Å². The van der Waals surface area contributed by atoms with Crippen molar-refractivity contribution in [2.75, 3.05) is 36.5 Å². The number of nitrogens with one attached hydrogen (secondary N) is 2. The summed E-state index contributed by atoms with van der Waals surface area (Å²) in [5.74, 6) is 0.666. The van der Waals surface area contributed by atoms with Crippen LogP contribution in [0.4, 0.5) is 11.4 Å². The largest absolute Gasteiger partial charge is 0.390 e. The van der Waals surface area contributed by atoms with Crippen LogP contribution < -0.4 is 26.4 Å². The number of hydrogen-bond donors (Lipinski definition) is 3. The number of unbranched alkanes of at least 4 members (excludes halogenated alkanes) is 3. The van der Waals surface area contributed by atoms with Crippen molar-refractivity contribution in [3.8, 4) is 6.07 Å². The van der Waals surface area contributed by atoms with Crippen molar-refractivity contribution in [2.45, 2.75) is 109 Å². The fraction of sp³-hybridized carbons (Fsp3) is 0.575. The fourth-order valence-electron chi connectivity index (χ4n) is 7.65. The molecule has 0 amide bonds. The van der Waals surface area contributed by atoms with E-state index in [9.17, 15) is 14.7 Å². The van der Waals surface area contributed by atoms with Gasteiger partial charge in [0.15, 0.2) is 0 Å². The number of aliphatic hydroxyl groups excluding tert-OH is 1. The lowest BCUT2D eigenvalue weighted by atomic mass is 9.83. The van der Waals surface area contributed by atoms with Crippen LogP contribution in [-0.4, -0.2) is 43.5 Å². The van der Waals surface area contributed by atoms with E-state index < -0.39 is 17.0 Å². The predicted molar refractivity (Wildman–Crippen MR) is 193 cm³/mol. The maximum absolute atomic E-state index is 13.2. The van der Waals surface area contributed by atoms with Crippen LogP contribution in [0, 0.1) is 23.2 Å². The second-order valence-corrected chi connectivity index (χ2v) is 14.0. The van der Waals surface area contributed by atoms with Gasteiger partial charge in [0.1, 0.15) is 11.4 Å². The average Bonchev–Trinajstić information content (AvgIpc) is 3.13. The molecule has 0 spiro atoms. The first-order valence-electron chi connectivity index (χ1n) is 18.4. The van der Waals surface area contributed by atoms with Gasteiger partial charge in [-0.2, -0.15) is 5.26 Å². The fourth-order valence-corrected chi connectivity index (χ4v) is 7.65. The molecule has 0 aromatic heterocycles. The molecule has 258 valence electrons. The predicted octanol–water partition coefficient (Wildman–Crippen LogP) is 6.61. The number of hydrogen-bond acceptors (Lipinski definition) is 8. The van der Waals surface area contributed by atoms with E-state index in [1.165, 1.54) is 32.1 Å². The van der Waals surface area contributed by atoms with Crippen LogP contribution >= 0.6 is 0 Å². The van der Waals surface area contributed by atoms with E-state index in [2.05, 4.69) is 52.8 Å². The number of aliphatic hydroxyl groups is 1. The average molecular weight is 655 g/mol. The number of rotatable bonds is 18. The highest BCUT2D eigenvalue weighted by Crippen LogP contribution is 2.36. The Morgan fingerprint density at radius 3 is 2.46 bits per heavy atom. The highest BCUT2D eigenvalue weighted by Gasteiger charge is 2.35. The van der Waals surface area contributed by atoms with E-state index in [4.69, 9.17) is 10.00 Å². The summed E-state index contributed by atoms with van der Waals surface area (Å²) >= 11 is 0. The summed E-state index contributed by atoms with van der Waals surface area (Å²) < 4.78 is 6.57. The maximum atomic E-state index is 13.2. The number of ether oxygens (including phenoxy) is 1. The summed E-state index contributed by atoms with van der Waals surface area (Å²) in [6.07, 6.45) is 12.3. The van der Waals surface area contributed by atoms with Crippen LogP contribution in [0.1, 0.15) is 107 Å². The Kier molecular flexibility index (Phi) is 13.6. The van der Waals surface area contributed by atoms with Gasteiger partial charge in [-0.3, -0.25) is 9.59 Å². The Bertz CT molecular complexity index is 1510. The number of nitrogens with zero attached hydrogens (tertiary/aromatic N) is 2. The van der Waals surface area contributed by atoms with Gasteiger partial charge in [0.25, 0.3) is 10.9 Å². The second kappa shape index (κ2) is 18.3. The van der Waals surface area contributed by atoms with E-state index in [0.29, 0.717) is 49.1 Å². The van der Waals surface area contributed by atoms with E-state index in [1.807, 2.05) is 18.2 Å². The smallest absolute Gasteiger partial charge is 0.253 e. The third kappa shape index (κ3) is 9.56. The quantitative estimate of drug-likeness (QED) is 0.104. The molecule has 3 N–H and O–H groups in total. The zero-order valence-electron chi connectivity index (χ0n) is 28.7. The number of anilines is 2. The molecule has 2 fully saturated rings. The number of benzene rings is 2. The molecule has 0 radical (unpaired) electrons. The normalized spacial score (nSPS) is 19.1. The van der Waals surface area contributed by atoms with Crippen molar-refractivity contribution in [3.05, 3.63) is 91.7 Å². The van der Waals surface area contributed by atoms with Crippen LogP contribution in [0.25, 0.3) is 0 Å². The third-order valence-electron chi connectivity index (χ3n) is 10.4. The first-order valence-corrected chi connectivity index (χ1v) is 18.4. The van der Waals surface area contributed by atoms with E-state index in [1.54, 1.807) is 12.1 Å². The maximum Gasteiger partial charge on any atom is 0.253 e. The van der Waals surface area contributed by atoms with Gasteiger partial charge in [0.2, 0.25) is 0 Å². The Labute approximate surface area is 286 Å². The second-order valence-electron chi connectivity index (χ2n) is 14.0. The van der Waals surface area contributed by atoms with Crippen LogP contribution in [-0.2, 0) is 11.3 Å². The molecule has 1 saturated carbocycles. The first-order chi connectivity index (χ1) is 23.5. The minimum absolute atomic E-state index is 0.0680. The van der Waals surface area contributed by atoms with Crippen LogP contribution in [0.3, 0.4) is 0 Å². The van der Waals surface area contributed by atoms with E-state index in [-0.39, 0.29) is 18.1 Å². The van der Waals surface area contributed by atoms with Gasteiger partial charge >= 0.3 is 0 Å². The van der Waals surface area contributed by atoms with E-state index >= 15 is 0 Å². The third-order valence-corrected chi connectivity index (χ3v) is 10.4. The Balaban J connectivity index is 1.28. The summed E-state index contributed by atoms with van der Waals surface area (Å²) in [5, 5.41) is 27.3. The van der Waals surface area contributed by atoms with Crippen molar-refractivity contribution in [1.82, 2.24) is 5.32 Å². The summed E-state index contributed by atoms with van der Waals surface area (Å²) in [6, 6.07) is 19.6. The summed E-state index contributed by atoms with van der Waals surface area (Å²) in [7, 11) is 0. The summed E-state index contributed by atoms with van der Waals surface area (Å²) in [6.45, 7) is 5.19. The Morgan fingerprint density at radius 1 is 0.958 bits per heavy atom. The minimum atomic E-state index is -0.750. The van der Waals surface area contributed by atoms with Gasteiger partial charge in [-0.05, 0) is 54.9 Å². The molecule has 3 aromatic carbocycles. The molecule has 1 saturated heterocycles. The van der Waals surface area contributed by atoms with Crippen LogP contribution in [0.15, 0.2) is 64.2 Å². The molecule has 4 atom stereocenters. The monoisotopic (exact) mass is 654 g/mol. The standard InChI is InChI=1S/C40H54N4O4/c1-2-3-4-11-23-48-40(32-15-9-6-10-16-32)33-17-12-22-44(28-33)37-36(38(46)39(37)47)43-34(24-29-13-7-5-8-14-29)35(45)27-42-26-31-20-18-30(25-41)19-21-31/h6,9-10,15-16,18-21,29,33-35,40,42-43,45H,2-5,7-8,11-14,17,22-24,26-28H2,1H3/t33-,34?,35?,40+/m1/s1. The molecular formula is C40H54N4O4. The van der Waals surface area contributed by atoms with Crippen molar-refractivity contribution in [1.29, 1.82) is 5.26 Å². The van der Waals surface area contributed by atoms with Crippen molar-refractivity contribution < 1.29 is 9.84 Å². The summed E-state index contributed by atoms with van der Waals surface area (Å²) in [4.78, 5) is 28.4. The SMILES string of the molecule is CCCCCCO[C@@H](c1ccccc1)[C@@H]1CCCN(c2c(NC(CC3CCCCC3)C(O)CNCc3ccc(C#N)cc3)c(=O)c2=O)C1. The molecule has 48 heavy (non-hydrogen) atoms. The lowest BCUT2D eigenvalue weighted by molar-refractivity contribution is 0.00400. The minimum Gasteiger partial charge on any atom is -0.390 e. The van der Waals surface area contributed by atoms with Crippen molar-refractivity contribution in [2.24, 2.45) is 11.8 Å². The zero-order valence-corrected chi connectivity index (χ0v) is 28.7. The number of piperidine rings is 1. The van der Waals surface area contributed by atoms with Gasteiger partial charge in [-0.25, -0.2) is 0 Å². The highest BCUT2D eigenvalue weighted by atomic mass is 16.5. The molecule has 0 bridgehead atoms. The molecule has 3 aromatic rings. The first kappa shape index (κ1) is 35.8. The molecule has 8 nitrogen and oxygen atoms in total. The van der Waals surface area contributed by atoms with Gasteiger partial charge < -0.3 is 25.4 Å². The van der Waals surface area contributed by atoms with Gasteiger partial charge in [0, 0.05) is 38.7 Å². The molecule has 1 aliphatic heterocycles. The zero-order chi connectivity index (χ0) is 33.7. The van der Waals surface area contributed by atoms with Gasteiger partial charge in [0.05, 0.1) is 29.9 Å². The molecular weight excluding hydrogens is 600 g/mol. The van der Waals surface area contributed by atoms with Crippen molar-refractivity contribution in [3.63, 3.8) is 0 Å². The molecule has 8 heteroatoms. The molecule has 1 heterocycles. The van der Waals surface area contributed by atoms with Gasteiger partial charge in [-0.1, -0.05) is 101 Å². The lowest BCUT2D eigenvalue weighted by Crippen LogP contribution is -2.50. The van der Waals surface area contributed by atoms with Gasteiger partial charge in [-0.15, -0.1) is 0 Å². The molecule has 5 rings (SSSR count). The number of nitriles is 1. The summed E-state index contributed by atoms with van der Waals surface area (Å²) in [5.41, 5.74) is 2.73.